The third-order valence-corrected chi connectivity index (χ3v) is 4.25. The highest BCUT2D eigenvalue weighted by Crippen LogP contribution is 2.35. The summed E-state index contributed by atoms with van der Waals surface area (Å²) >= 11 is 0. The first-order valence-corrected chi connectivity index (χ1v) is 8.86. The van der Waals surface area contributed by atoms with Crippen LogP contribution in [0.2, 0.25) is 0 Å². The van der Waals surface area contributed by atoms with Crippen LogP contribution in [0.3, 0.4) is 0 Å². The van der Waals surface area contributed by atoms with E-state index >= 15 is 0 Å². The molecule has 0 bridgehead atoms. The number of rotatable bonds is 6. The minimum absolute atomic E-state index is 0.00766. The molecule has 0 saturated heterocycles. The Morgan fingerprint density at radius 1 is 0.935 bits per heavy atom. The van der Waals surface area contributed by atoms with Crippen molar-refractivity contribution in [3.63, 3.8) is 0 Å². The van der Waals surface area contributed by atoms with Gasteiger partial charge >= 0.3 is 12.1 Å². The lowest BCUT2D eigenvalue weighted by molar-refractivity contribution is -0.137. The van der Waals surface area contributed by atoms with Crippen molar-refractivity contribution in [1.29, 1.82) is 0 Å². The lowest BCUT2D eigenvalue weighted by Crippen LogP contribution is -2.14. The first kappa shape index (κ1) is 21.8. The number of carboxylic acids is 1. The maximum Gasteiger partial charge on any atom is 0.416 e. The van der Waals surface area contributed by atoms with Crippen LogP contribution < -0.4 is 10.1 Å². The van der Waals surface area contributed by atoms with Crippen LogP contribution in [0.1, 0.15) is 31.8 Å². The number of carbonyl (C=O) groups excluding carboxylic acids is 1. The molecule has 0 atom stereocenters. The molecule has 0 radical (unpaired) electrons. The molecule has 0 heterocycles. The summed E-state index contributed by atoms with van der Waals surface area (Å²) in [6.45, 7) is -0.710. The fraction of sp³-hybridized carbons (Fsp3) is 0.0909. The number of anilines is 1. The first-order chi connectivity index (χ1) is 14.7. The third kappa shape index (κ3) is 5.39. The predicted molar refractivity (Wildman–Crippen MR) is 104 cm³/mol. The van der Waals surface area contributed by atoms with Crippen molar-refractivity contribution >= 4 is 17.6 Å². The number of carboxylic acid groups (broad SMARTS) is 1. The molecule has 0 aliphatic rings. The summed E-state index contributed by atoms with van der Waals surface area (Å²) < 4.78 is 57.6. The number of hydrogen-bond donors (Lipinski definition) is 2. The highest BCUT2D eigenvalue weighted by atomic mass is 19.4. The second kappa shape index (κ2) is 8.86. The molecule has 3 rings (SSSR count). The van der Waals surface area contributed by atoms with E-state index in [0.29, 0.717) is 11.6 Å². The number of aromatic carboxylic acids is 1. The van der Waals surface area contributed by atoms with Gasteiger partial charge in [-0.25, -0.2) is 9.18 Å². The third-order valence-electron chi connectivity index (χ3n) is 4.25. The van der Waals surface area contributed by atoms with Crippen LogP contribution in [0.15, 0.2) is 66.7 Å². The van der Waals surface area contributed by atoms with Crippen molar-refractivity contribution in [3.05, 3.63) is 89.0 Å². The molecule has 0 saturated carbocycles. The molecule has 0 unspecified atom stereocenters. The molecule has 0 fully saturated rings. The number of amides is 1. The zero-order valence-corrected chi connectivity index (χ0v) is 15.7. The normalized spacial score (nSPS) is 11.1. The largest absolute Gasteiger partial charge is 0.478 e. The van der Waals surface area contributed by atoms with Crippen LogP contribution >= 0.6 is 0 Å². The summed E-state index contributed by atoms with van der Waals surface area (Å²) in [5, 5.41) is 11.4. The van der Waals surface area contributed by atoms with Gasteiger partial charge in [0.15, 0.2) is 0 Å². The quantitative estimate of drug-likeness (QED) is 0.474. The fourth-order valence-corrected chi connectivity index (χ4v) is 2.64. The number of nitrogens with one attached hydrogen (secondary N) is 1. The maximum atomic E-state index is 13.1. The van der Waals surface area contributed by atoms with Gasteiger partial charge in [0, 0.05) is 5.69 Å². The van der Waals surface area contributed by atoms with E-state index < -0.39 is 30.3 Å². The molecule has 9 heteroatoms. The van der Waals surface area contributed by atoms with E-state index in [0.717, 1.165) is 12.1 Å². The Morgan fingerprint density at radius 3 is 2.13 bits per heavy atom. The van der Waals surface area contributed by atoms with Gasteiger partial charge in [0.05, 0.1) is 16.7 Å². The van der Waals surface area contributed by atoms with E-state index in [1.54, 1.807) is 0 Å². The first-order valence-electron chi connectivity index (χ1n) is 8.86. The molecule has 3 aromatic carbocycles. The number of hydrogen-bond acceptors (Lipinski definition) is 3. The van der Waals surface area contributed by atoms with Gasteiger partial charge in [-0.05, 0) is 60.2 Å². The highest BCUT2D eigenvalue weighted by Gasteiger charge is 2.32. The Labute approximate surface area is 173 Å². The van der Waals surface area contributed by atoms with E-state index in [4.69, 9.17) is 9.84 Å². The van der Waals surface area contributed by atoms with Crippen molar-refractivity contribution in [2.45, 2.75) is 12.9 Å². The fourth-order valence-electron chi connectivity index (χ4n) is 2.64. The molecular weight excluding hydrogens is 418 g/mol. The monoisotopic (exact) mass is 433 g/mol. The average molecular weight is 433 g/mol. The summed E-state index contributed by atoms with van der Waals surface area (Å²) in [5.74, 6) is -2.12. The number of carbonyl (C=O) groups is 2. The van der Waals surface area contributed by atoms with Gasteiger partial charge in [0.1, 0.15) is 18.2 Å². The van der Waals surface area contributed by atoms with Gasteiger partial charge in [-0.1, -0.05) is 12.1 Å². The molecule has 0 aliphatic heterocycles. The molecular formula is C22H15F4NO4. The molecule has 3 aromatic rings. The van der Waals surface area contributed by atoms with Crippen LogP contribution in [-0.2, 0) is 12.9 Å². The molecule has 2 N–H and O–H groups in total. The summed E-state index contributed by atoms with van der Waals surface area (Å²) in [5.41, 5.74) is -0.573. The summed E-state index contributed by atoms with van der Waals surface area (Å²) in [6, 6.07) is 13.2. The van der Waals surface area contributed by atoms with Crippen molar-refractivity contribution in [1.82, 2.24) is 0 Å². The second-order valence-corrected chi connectivity index (χ2v) is 6.42. The number of alkyl halides is 4. The minimum Gasteiger partial charge on any atom is -0.478 e. The van der Waals surface area contributed by atoms with Crippen molar-refractivity contribution in [2.75, 3.05) is 5.32 Å². The zero-order valence-electron chi connectivity index (χ0n) is 15.7. The average Bonchev–Trinajstić information content (AvgIpc) is 2.74. The zero-order chi connectivity index (χ0) is 22.6. The van der Waals surface area contributed by atoms with Gasteiger partial charge < -0.3 is 15.2 Å². The number of benzene rings is 3. The van der Waals surface area contributed by atoms with E-state index in [1.807, 2.05) is 0 Å². The van der Waals surface area contributed by atoms with Crippen LogP contribution in [-0.4, -0.2) is 17.0 Å². The second-order valence-electron chi connectivity index (χ2n) is 6.42. The van der Waals surface area contributed by atoms with E-state index in [9.17, 15) is 27.2 Å². The summed E-state index contributed by atoms with van der Waals surface area (Å²) in [6.07, 6.45) is -4.65. The Balaban J connectivity index is 1.91. The Kier molecular flexibility index (Phi) is 6.24. The summed E-state index contributed by atoms with van der Waals surface area (Å²) in [7, 11) is 0. The lowest BCUT2D eigenvalue weighted by Gasteiger charge is -2.15. The van der Waals surface area contributed by atoms with E-state index in [1.165, 1.54) is 48.5 Å². The van der Waals surface area contributed by atoms with Gasteiger partial charge in [-0.15, -0.1) is 0 Å². The Bertz CT molecular complexity index is 1090. The topological polar surface area (TPSA) is 75.6 Å². The van der Waals surface area contributed by atoms with E-state index in [2.05, 4.69) is 5.32 Å². The van der Waals surface area contributed by atoms with Gasteiger partial charge in [-0.2, -0.15) is 13.2 Å². The van der Waals surface area contributed by atoms with E-state index in [-0.39, 0.29) is 28.3 Å². The van der Waals surface area contributed by atoms with Gasteiger partial charge in [0.2, 0.25) is 0 Å². The number of halogens is 4. The molecule has 31 heavy (non-hydrogen) atoms. The Hall–Kier alpha value is -3.88. The molecule has 0 spiro atoms. The maximum absolute atomic E-state index is 13.1. The van der Waals surface area contributed by atoms with Gasteiger partial charge in [-0.3, -0.25) is 4.79 Å². The van der Waals surface area contributed by atoms with Crippen molar-refractivity contribution in [3.8, 4) is 11.5 Å². The Morgan fingerprint density at radius 2 is 1.58 bits per heavy atom. The van der Waals surface area contributed by atoms with Crippen LogP contribution in [0.4, 0.5) is 23.2 Å². The SMILES string of the molecule is O=C(O)c1ccc(NC(=O)c2ccc(C(F)(F)F)cc2Oc2ccc(CF)cc2)cc1. The van der Waals surface area contributed by atoms with Gasteiger partial charge in [0.25, 0.3) is 5.91 Å². The molecule has 5 nitrogen and oxygen atoms in total. The predicted octanol–water partition coefficient (Wildman–Crippen LogP) is 5.92. The molecule has 0 aromatic heterocycles. The van der Waals surface area contributed by atoms with Crippen molar-refractivity contribution in [2.24, 2.45) is 0 Å². The summed E-state index contributed by atoms with van der Waals surface area (Å²) in [4.78, 5) is 23.6. The minimum atomic E-state index is -4.65. The van der Waals surface area contributed by atoms with Crippen molar-refractivity contribution < 1.29 is 37.0 Å². The molecule has 0 aliphatic carbocycles. The highest BCUT2D eigenvalue weighted by molar-refractivity contribution is 6.06. The van der Waals surface area contributed by atoms with Crippen LogP contribution in [0.25, 0.3) is 0 Å². The molecule has 1 amide bonds. The standard InChI is InChI=1S/C22H15F4NO4/c23-12-13-1-8-17(9-2-13)31-19-11-15(22(24,25)26)5-10-18(19)20(28)27-16-6-3-14(4-7-16)21(29)30/h1-11H,12H2,(H,27,28)(H,29,30). The number of ether oxygens (including phenoxy) is 1. The smallest absolute Gasteiger partial charge is 0.416 e. The van der Waals surface area contributed by atoms with Crippen LogP contribution in [0.5, 0.6) is 11.5 Å². The van der Waals surface area contributed by atoms with Crippen LogP contribution in [0, 0.1) is 0 Å². The lowest BCUT2D eigenvalue weighted by atomic mass is 10.1. The molecule has 160 valence electrons.